The Morgan fingerprint density at radius 3 is 2.83 bits per heavy atom. The average Bonchev–Trinajstić information content (AvgIpc) is 2.09. The van der Waals surface area contributed by atoms with E-state index in [1.165, 1.54) is 0 Å². The van der Waals surface area contributed by atoms with Crippen LogP contribution in [-0.2, 0) is 0 Å². The molecule has 4 nitrogen and oxygen atoms in total. The summed E-state index contributed by atoms with van der Waals surface area (Å²) in [5.74, 6) is 0.814. The summed E-state index contributed by atoms with van der Waals surface area (Å²) in [6.07, 6.45) is 0.954. The predicted octanol–water partition coefficient (Wildman–Crippen LogP) is 0.546. The minimum absolute atomic E-state index is 0.701. The Morgan fingerprint density at radius 1 is 1.42 bits per heavy atom. The van der Waals surface area contributed by atoms with Crippen molar-refractivity contribution in [2.24, 2.45) is 5.73 Å². The number of nitrogens with one attached hydrogen (secondary N) is 1. The van der Waals surface area contributed by atoms with E-state index in [-0.39, 0.29) is 0 Å². The highest BCUT2D eigenvalue weighted by Crippen LogP contribution is 1.99. The van der Waals surface area contributed by atoms with E-state index in [1.807, 2.05) is 19.1 Å². The highest BCUT2D eigenvalue weighted by molar-refractivity contribution is 5.32. The second kappa shape index (κ2) is 4.66. The molecule has 1 aromatic rings. The van der Waals surface area contributed by atoms with Crippen molar-refractivity contribution in [1.82, 2.24) is 10.2 Å². The monoisotopic (exact) mass is 166 g/mol. The molecule has 66 valence electrons. The summed E-state index contributed by atoms with van der Waals surface area (Å²) in [5, 5.41) is 11.0. The molecule has 0 aliphatic rings. The molecule has 0 aliphatic heterocycles. The van der Waals surface area contributed by atoms with Crippen LogP contribution in [0.3, 0.4) is 0 Å². The quantitative estimate of drug-likeness (QED) is 0.641. The van der Waals surface area contributed by atoms with Crippen molar-refractivity contribution in [3.8, 4) is 0 Å². The van der Waals surface area contributed by atoms with Gasteiger partial charge in [0.25, 0.3) is 0 Å². The Bertz CT molecular complexity index is 219. The first-order valence-corrected chi connectivity index (χ1v) is 4.07. The van der Waals surface area contributed by atoms with Crippen molar-refractivity contribution in [3.63, 3.8) is 0 Å². The normalized spacial score (nSPS) is 9.83. The first-order chi connectivity index (χ1) is 5.83. The maximum atomic E-state index is 5.34. The molecule has 1 heterocycles. The van der Waals surface area contributed by atoms with E-state index in [2.05, 4.69) is 15.5 Å². The molecule has 0 fully saturated rings. The molecule has 0 atom stereocenters. The fraction of sp³-hybridized carbons (Fsp3) is 0.500. The van der Waals surface area contributed by atoms with E-state index in [1.54, 1.807) is 0 Å². The van der Waals surface area contributed by atoms with Crippen molar-refractivity contribution < 1.29 is 0 Å². The van der Waals surface area contributed by atoms with Gasteiger partial charge in [0, 0.05) is 6.54 Å². The van der Waals surface area contributed by atoms with Gasteiger partial charge in [0.2, 0.25) is 0 Å². The smallest absolute Gasteiger partial charge is 0.148 e. The minimum atomic E-state index is 0.701. The summed E-state index contributed by atoms with van der Waals surface area (Å²) in [5.41, 5.74) is 6.27. The van der Waals surface area contributed by atoms with Crippen LogP contribution in [0, 0.1) is 6.92 Å². The van der Waals surface area contributed by atoms with Gasteiger partial charge in [-0.1, -0.05) is 0 Å². The summed E-state index contributed by atoms with van der Waals surface area (Å²) >= 11 is 0. The zero-order valence-corrected chi connectivity index (χ0v) is 7.25. The third-order valence-corrected chi connectivity index (χ3v) is 1.48. The van der Waals surface area contributed by atoms with Gasteiger partial charge in [-0.25, -0.2) is 0 Å². The molecule has 3 N–H and O–H groups in total. The fourth-order valence-corrected chi connectivity index (χ4v) is 0.812. The van der Waals surface area contributed by atoms with Crippen molar-refractivity contribution in [2.75, 3.05) is 18.4 Å². The van der Waals surface area contributed by atoms with E-state index in [9.17, 15) is 0 Å². The number of anilines is 1. The van der Waals surface area contributed by atoms with E-state index in [0.717, 1.165) is 24.5 Å². The van der Waals surface area contributed by atoms with Crippen LogP contribution in [0.2, 0.25) is 0 Å². The van der Waals surface area contributed by atoms with E-state index < -0.39 is 0 Å². The highest BCUT2D eigenvalue weighted by atomic mass is 15.2. The molecular weight excluding hydrogens is 152 g/mol. The molecule has 0 saturated heterocycles. The molecule has 0 spiro atoms. The van der Waals surface area contributed by atoms with E-state index >= 15 is 0 Å². The number of hydrogen-bond acceptors (Lipinski definition) is 4. The van der Waals surface area contributed by atoms with Gasteiger partial charge in [-0.3, -0.25) is 0 Å². The number of aryl methyl sites for hydroxylation is 1. The number of aromatic nitrogens is 2. The Kier molecular flexibility index (Phi) is 3.47. The average molecular weight is 166 g/mol. The molecule has 0 radical (unpaired) electrons. The lowest BCUT2D eigenvalue weighted by Crippen LogP contribution is -2.09. The standard InChI is InChI=1S/C8H14N4/c1-7-3-4-8(12-11-7)10-6-2-5-9/h3-4H,2,5-6,9H2,1H3,(H,10,12). The summed E-state index contributed by atoms with van der Waals surface area (Å²) in [6.45, 7) is 3.47. The molecule has 12 heavy (non-hydrogen) atoms. The molecule has 0 saturated carbocycles. The molecule has 0 amide bonds. The zero-order valence-electron chi connectivity index (χ0n) is 7.25. The van der Waals surface area contributed by atoms with Crippen molar-refractivity contribution in [3.05, 3.63) is 17.8 Å². The van der Waals surface area contributed by atoms with Gasteiger partial charge in [0.05, 0.1) is 5.69 Å². The number of nitrogens with zero attached hydrogens (tertiary/aromatic N) is 2. The van der Waals surface area contributed by atoms with Crippen LogP contribution >= 0.6 is 0 Å². The molecule has 4 heteroatoms. The van der Waals surface area contributed by atoms with Gasteiger partial charge < -0.3 is 11.1 Å². The maximum absolute atomic E-state index is 5.34. The van der Waals surface area contributed by atoms with Gasteiger partial charge in [-0.2, -0.15) is 5.10 Å². The van der Waals surface area contributed by atoms with Gasteiger partial charge in [0.1, 0.15) is 5.82 Å². The van der Waals surface area contributed by atoms with Crippen LogP contribution in [0.25, 0.3) is 0 Å². The van der Waals surface area contributed by atoms with Crippen LogP contribution in [0.5, 0.6) is 0 Å². The molecule has 0 aromatic carbocycles. The summed E-state index contributed by atoms with van der Waals surface area (Å²) < 4.78 is 0. The SMILES string of the molecule is Cc1ccc(NCCCN)nn1. The van der Waals surface area contributed by atoms with Crippen LogP contribution in [0.4, 0.5) is 5.82 Å². The fourth-order valence-electron chi connectivity index (χ4n) is 0.812. The summed E-state index contributed by atoms with van der Waals surface area (Å²) in [6, 6.07) is 3.84. The topological polar surface area (TPSA) is 63.8 Å². The van der Waals surface area contributed by atoms with Crippen molar-refractivity contribution >= 4 is 5.82 Å². The number of nitrogens with two attached hydrogens (primary N) is 1. The molecule has 0 bridgehead atoms. The van der Waals surface area contributed by atoms with Crippen molar-refractivity contribution in [2.45, 2.75) is 13.3 Å². The van der Waals surface area contributed by atoms with Gasteiger partial charge in [-0.05, 0) is 32.0 Å². The Balaban J connectivity index is 2.37. The summed E-state index contributed by atoms with van der Waals surface area (Å²) in [4.78, 5) is 0. The second-order valence-corrected chi connectivity index (χ2v) is 2.63. The molecule has 1 rings (SSSR count). The summed E-state index contributed by atoms with van der Waals surface area (Å²) in [7, 11) is 0. The Hall–Kier alpha value is -1.16. The van der Waals surface area contributed by atoms with Crippen LogP contribution < -0.4 is 11.1 Å². The van der Waals surface area contributed by atoms with Crippen molar-refractivity contribution in [1.29, 1.82) is 0 Å². The van der Waals surface area contributed by atoms with E-state index in [4.69, 9.17) is 5.73 Å². The molecule has 0 unspecified atom stereocenters. The third kappa shape index (κ3) is 2.84. The van der Waals surface area contributed by atoms with E-state index in [0.29, 0.717) is 6.54 Å². The van der Waals surface area contributed by atoms with Gasteiger partial charge in [0.15, 0.2) is 0 Å². The highest BCUT2D eigenvalue weighted by Gasteiger charge is 1.91. The number of rotatable bonds is 4. The minimum Gasteiger partial charge on any atom is -0.369 e. The first kappa shape index (κ1) is 8.93. The molecular formula is C8H14N4. The first-order valence-electron chi connectivity index (χ1n) is 4.07. The lowest BCUT2D eigenvalue weighted by Gasteiger charge is -2.02. The van der Waals surface area contributed by atoms with Crippen LogP contribution in [0.15, 0.2) is 12.1 Å². The third-order valence-electron chi connectivity index (χ3n) is 1.48. The van der Waals surface area contributed by atoms with Crippen LogP contribution in [0.1, 0.15) is 12.1 Å². The Morgan fingerprint density at radius 2 is 2.25 bits per heavy atom. The Labute approximate surface area is 72.2 Å². The molecule has 1 aromatic heterocycles. The second-order valence-electron chi connectivity index (χ2n) is 2.63. The largest absolute Gasteiger partial charge is 0.369 e. The number of hydrogen-bond donors (Lipinski definition) is 2. The lowest BCUT2D eigenvalue weighted by molar-refractivity contribution is 0.861. The van der Waals surface area contributed by atoms with Gasteiger partial charge >= 0.3 is 0 Å². The molecule has 0 aliphatic carbocycles. The van der Waals surface area contributed by atoms with Gasteiger partial charge in [-0.15, -0.1) is 5.10 Å². The van der Waals surface area contributed by atoms with Crippen LogP contribution in [-0.4, -0.2) is 23.3 Å². The maximum Gasteiger partial charge on any atom is 0.148 e. The predicted molar refractivity (Wildman–Crippen MR) is 48.9 cm³/mol. The lowest BCUT2D eigenvalue weighted by atomic mass is 10.4. The zero-order chi connectivity index (χ0) is 8.81.